The van der Waals surface area contributed by atoms with Gasteiger partial charge in [0.25, 0.3) is 11.8 Å². The number of nitrogens with one attached hydrogen (secondary N) is 2. The summed E-state index contributed by atoms with van der Waals surface area (Å²) >= 11 is 0. The van der Waals surface area contributed by atoms with Gasteiger partial charge in [-0.1, -0.05) is 45.9 Å². The molecule has 0 spiro atoms. The molecule has 0 aliphatic carbocycles. The van der Waals surface area contributed by atoms with Crippen molar-refractivity contribution in [3.8, 4) is 11.4 Å². The van der Waals surface area contributed by atoms with Gasteiger partial charge in [0.2, 0.25) is 17.6 Å². The molecule has 0 radical (unpaired) electrons. The van der Waals surface area contributed by atoms with E-state index in [1.165, 1.54) is 21.6 Å². The van der Waals surface area contributed by atoms with Crippen molar-refractivity contribution < 1.29 is 47.8 Å². The minimum absolute atomic E-state index is 0.0519. The molecule has 2 heterocycles. The molecule has 50 heavy (non-hydrogen) atoms. The van der Waals surface area contributed by atoms with Gasteiger partial charge in [-0.3, -0.25) is 19.2 Å². The summed E-state index contributed by atoms with van der Waals surface area (Å²) in [6.45, 7) is 5.52. The summed E-state index contributed by atoms with van der Waals surface area (Å²) in [5.74, 6) is 0.0931. The zero-order chi connectivity index (χ0) is 35.8. The van der Waals surface area contributed by atoms with Crippen molar-refractivity contribution in [2.75, 3.05) is 70.9 Å². The maximum absolute atomic E-state index is 12.1. The Hall–Kier alpha value is -3.75. The summed E-state index contributed by atoms with van der Waals surface area (Å²) in [6.07, 6.45) is 0.739. The average Bonchev–Trinajstić information content (AvgIpc) is 3.43. The number of nitrogens with zero attached hydrogens (tertiary/aromatic N) is 5. The third-order valence-electron chi connectivity index (χ3n) is 6.52. The topological polar surface area (TPSA) is 210 Å². The van der Waals surface area contributed by atoms with Crippen LogP contribution in [0.2, 0.25) is 0 Å². The second-order valence-corrected chi connectivity index (χ2v) is 13.2. The van der Waals surface area contributed by atoms with Gasteiger partial charge in [-0.05, 0) is 12.5 Å². The Bertz CT molecular complexity index is 1340. The zero-order valence-electron chi connectivity index (χ0n) is 28.0. The van der Waals surface area contributed by atoms with Gasteiger partial charge in [-0.2, -0.15) is 0 Å². The van der Waals surface area contributed by atoms with E-state index in [0.29, 0.717) is 101 Å². The summed E-state index contributed by atoms with van der Waals surface area (Å²) in [6, 6.07) is 7.49. The van der Waals surface area contributed by atoms with E-state index in [-0.39, 0.29) is 37.5 Å². The molecule has 17 nitrogen and oxygen atoms in total. The molecule has 3 rings (SSSR count). The molecule has 0 atom stereocenters. The first-order valence-corrected chi connectivity index (χ1v) is 18.6. The number of aromatic nitrogens is 4. The number of carbonyl (C=O) groups excluding carboxylic acids is 5. The van der Waals surface area contributed by atoms with Crippen molar-refractivity contribution in [1.29, 1.82) is 0 Å². The number of benzene rings is 1. The van der Waals surface area contributed by atoms with Crippen LogP contribution in [-0.2, 0) is 54.3 Å². The first kappa shape index (κ1) is 40.7. The molecule has 1 aromatic carbocycles. The number of amides is 4. The van der Waals surface area contributed by atoms with E-state index in [4.69, 9.17) is 23.8 Å². The van der Waals surface area contributed by atoms with Crippen LogP contribution in [0.5, 0.6) is 0 Å². The van der Waals surface area contributed by atoms with E-state index in [0.717, 1.165) is 11.1 Å². The lowest BCUT2D eigenvalue weighted by Gasteiger charge is -2.12. The van der Waals surface area contributed by atoms with Crippen LogP contribution in [0, 0.1) is 6.92 Å². The maximum atomic E-state index is 12.1. The summed E-state index contributed by atoms with van der Waals surface area (Å²) in [7, 11) is 2.86. The number of hydrogen-bond acceptors (Lipinski definition) is 16. The van der Waals surface area contributed by atoms with Gasteiger partial charge < -0.3 is 34.4 Å². The molecule has 0 unspecified atom stereocenters. The number of imide groups is 1. The van der Waals surface area contributed by atoms with Gasteiger partial charge in [0.15, 0.2) is 5.82 Å². The van der Waals surface area contributed by atoms with E-state index < -0.39 is 17.8 Å². The van der Waals surface area contributed by atoms with Crippen molar-refractivity contribution in [2.45, 2.75) is 45.6 Å². The predicted molar refractivity (Wildman–Crippen MR) is 182 cm³/mol. The van der Waals surface area contributed by atoms with E-state index in [1.54, 1.807) is 6.92 Å². The Morgan fingerprint density at radius 3 is 1.86 bits per heavy atom. The van der Waals surface area contributed by atoms with E-state index >= 15 is 0 Å². The molecule has 19 heteroatoms. The molecule has 274 valence electrons. The molecule has 1 fully saturated rings. The standard InChI is InChI=1S/C31H43N7O10S2/c1-23-34-36-31(37-35-23)25-4-2-24(3-5-25)22-33-26(39)8-12-44-14-16-46-18-19-47-17-15-45-13-11-32-27(40)9-20-49-50-21-10-30(43)48-38-28(41)6-7-29(38)42/h2-5H,6-22H2,1H3,(H,32,40)(H,33,39). The van der Waals surface area contributed by atoms with E-state index in [1.807, 2.05) is 24.3 Å². The lowest BCUT2D eigenvalue weighted by Crippen LogP contribution is -2.32. The quantitative estimate of drug-likeness (QED) is 0.0789. The summed E-state index contributed by atoms with van der Waals surface area (Å²) < 4.78 is 21.8. The Balaban J connectivity index is 1.01. The van der Waals surface area contributed by atoms with Crippen molar-refractivity contribution >= 4 is 51.2 Å². The Kier molecular flexibility index (Phi) is 19.9. The fourth-order valence-corrected chi connectivity index (χ4v) is 5.88. The first-order chi connectivity index (χ1) is 24.3. The van der Waals surface area contributed by atoms with Crippen LogP contribution in [-0.4, -0.2) is 126 Å². The minimum Gasteiger partial charge on any atom is -0.379 e. The lowest BCUT2D eigenvalue weighted by molar-refractivity contribution is -0.197. The molecule has 1 aromatic heterocycles. The second-order valence-electron chi connectivity index (χ2n) is 10.5. The van der Waals surface area contributed by atoms with E-state index in [2.05, 4.69) is 31.0 Å². The highest BCUT2D eigenvalue weighted by Gasteiger charge is 2.32. The molecule has 2 N–H and O–H groups in total. The Morgan fingerprint density at radius 2 is 1.24 bits per heavy atom. The molecule has 0 bridgehead atoms. The largest absolute Gasteiger partial charge is 0.379 e. The number of hydroxylamine groups is 2. The van der Waals surface area contributed by atoms with Crippen LogP contribution in [0.4, 0.5) is 0 Å². The fraction of sp³-hybridized carbons (Fsp3) is 0.581. The Morgan fingerprint density at radius 1 is 0.700 bits per heavy atom. The molecular weight excluding hydrogens is 695 g/mol. The highest BCUT2D eigenvalue weighted by molar-refractivity contribution is 8.76. The Labute approximate surface area is 298 Å². The monoisotopic (exact) mass is 737 g/mol. The highest BCUT2D eigenvalue weighted by Crippen LogP contribution is 2.23. The van der Waals surface area contributed by atoms with Gasteiger partial charge in [0.05, 0.1) is 59.3 Å². The van der Waals surface area contributed by atoms with Crippen molar-refractivity contribution in [3.63, 3.8) is 0 Å². The molecule has 1 saturated heterocycles. The smallest absolute Gasteiger partial charge is 0.334 e. The third-order valence-corrected chi connectivity index (χ3v) is 8.93. The molecule has 4 amide bonds. The van der Waals surface area contributed by atoms with Gasteiger partial charge in [0.1, 0.15) is 0 Å². The zero-order valence-corrected chi connectivity index (χ0v) is 29.6. The maximum Gasteiger partial charge on any atom is 0.334 e. The second kappa shape index (κ2) is 24.4. The molecular formula is C31H43N7O10S2. The van der Waals surface area contributed by atoms with Crippen LogP contribution >= 0.6 is 21.6 Å². The minimum atomic E-state index is -0.640. The van der Waals surface area contributed by atoms with Crippen molar-refractivity contribution in [1.82, 2.24) is 36.1 Å². The summed E-state index contributed by atoms with van der Waals surface area (Å²) in [5, 5.41) is 22.0. The van der Waals surface area contributed by atoms with Crippen molar-refractivity contribution in [3.05, 3.63) is 35.7 Å². The molecule has 1 aliphatic rings. The van der Waals surface area contributed by atoms with E-state index in [9.17, 15) is 24.0 Å². The van der Waals surface area contributed by atoms with Crippen LogP contribution in [0.25, 0.3) is 11.4 Å². The van der Waals surface area contributed by atoms with Gasteiger partial charge in [-0.15, -0.1) is 25.5 Å². The molecule has 0 saturated carbocycles. The first-order valence-electron chi connectivity index (χ1n) is 16.1. The van der Waals surface area contributed by atoms with Gasteiger partial charge >= 0.3 is 5.97 Å². The van der Waals surface area contributed by atoms with Crippen LogP contribution < -0.4 is 10.6 Å². The number of aryl methyl sites for hydroxylation is 1. The molecule has 2 aromatic rings. The summed E-state index contributed by atoms with van der Waals surface area (Å²) in [5.41, 5.74) is 1.74. The van der Waals surface area contributed by atoms with Crippen LogP contribution in [0.3, 0.4) is 0 Å². The third kappa shape index (κ3) is 17.3. The van der Waals surface area contributed by atoms with Gasteiger partial charge in [-0.25, -0.2) is 4.79 Å². The number of ether oxygens (including phenoxy) is 4. The predicted octanol–water partition coefficient (Wildman–Crippen LogP) is 1.20. The number of carbonyl (C=O) groups is 5. The lowest BCUT2D eigenvalue weighted by atomic mass is 10.1. The van der Waals surface area contributed by atoms with Crippen LogP contribution in [0.1, 0.15) is 43.5 Å². The number of rotatable bonds is 26. The summed E-state index contributed by atoms with van der Waals surface area (Å²) in [4.78, 5) is 63.4. The average molecular weight is 738 g/mol. The SMILES string of the molecule is Cc1nnc(-c2ccc(CNC(=O)CCOCCOCCOCCOCCNC(=O)CCSSCCC(=O)ON3C(=O)CCC3=O)cc2)nn1. The fourth-order valence-electron chi connectivity index (χ4n) is 3.92. The highest BCUT2D eigenvalue weighted by atomic mass is 33.1. The van der Waals surface area contributed by atoms with Crippen LogP contribution in [0.15, 0.2) is 24.3 Å². The number of hydrogen-bond donors (Lipinski definition) is 2. The molecule has 1 aliphatic heterocycles. The van der Waals surface area contributed by atoms with Crippen molar-refractivity contribution in [2.24, 2.45) is 0 Å². The normalized spacial score (nSPS) is 12.7. The van der Waals surface area contributed by atoms with Gasteiger partial charge in [0, 0.05) is 55.8 Å².